The van der Waals surface area contributed by atoms with E-state index < -0.39 is 10.0 Å². The maximum atomic E-state index is 13.0. The maximum Gasteiger partial charge on any atom is 0.251 e. The molecule has 0 aliphatic carbocycles. The minimum atomic E-state index is -3.53. The van der Waals surface area contributed by atoms with E-state index in [1.807, 2.05) is 0 Å². The third kappa shape index (κ3) is 4.83. The number of carbonyl (C=O) groups is 1. The number of amides is 1. The van der Waals surface area contributed by atoms with Crippen LogP contribution in [0.25, 0.3) is 11.3 Å². The molecule has 7 nitrogen and oxygen atoms in total. The molecule has 0 unspecified atom stereocenters. The van der Waals surface area contributed by atoms with Gasteiger partial charge in [0.15, 0.2) is 5.76 Å². The molecule has 2 aromatic carbocycles. The second-order valence-electron chi connectivity index (χ2n) is 7.36. The van der Waals surface area contributed by atoms with Gasteiger partial charge in [0.25, 0.3) is 5.91 Å². The summed E-state index contributed by atoms with van der Waals surface area (Å²) in [6.07, 6.45) is 2.78. The fraction of sp³-hybridized carbons (Fsp3) is 0.273. The molecule has 1 aliphatic rings. The first-order valence-corrected chi connectivity index (χ1v) is 11.5. The number of sulfonamides is 1. The smallest absolute Gasteiger partial charge is 0.251 e. The Kier molecular flexibility index (Phi) is 6.15. The summed E-state index contributed by atoms with van der Waals surface area (Å²) >= 11 is 0. The largest absolute Gasteiger partial charge is 0.356 e. The maximum absolute atomic E-state index is 13.0. The van der Waals surface area contributed by atoms with E-state index in [2.05, 4.69) is 10.5 Å². The van der Waals surface area contributed by atoms with Crippen LogP contribution in [0.3, 0.4) is 0 Å². The van der Waals surface area contributed by atoms with Crippen LogP contribution >= 0.6 is 0 Å². The minimum absolute atomic E-state index is 0.136. The van der Waals surface area contributed by atoms with Crippen LogP contribution in [-0.4, -0.2) is 36.9 Å². The van der Waals surface area contributed by atoms with Gasteiger partial charge in [-0.25, -0.2) is 12.8 Å². The first-order valence-electron chi connectivity index (χ1n) is 10.0. The Hall–Kier alpha value is -3.04. The van der Waals surface area contributed by atoms with Crippen molar-refractivity contribution >= 4 is 15.9 Å². The summed E-state index contributed by atoms with van der Waals surface area (Å²) in [5.41, 5.74) is 1.54. The molecular weight excluding hydrogens is 421 g/mol. The molecule has 2 heterocycles. The van der Waals surface area contributed by atoms with Crippen molar-refractivity contribution in [2.75, 3.05) is 13.1 Å². The minimum Gasteiger partial charge on any atom is -0.356 e. The quantitative estimate of drug-likeness (QED) is 0.629. The summed E-state index contributed by atoms with van der Waals surface area (Å²) in [5.74, 6) is -0.227. The van der Waals surface area contributed by atoms with E-state index >= 15 is 0 Å². The fourth-order valence-corrected chi connectivity index (χ4v) is 4.97. The molecule has 1 fully saturated rings. The zero-order valence-electron chi connectivity index (χ0n) is 16.8. The van der Waals surface area contributed by atoms with Gasteiger partial charge in [-0.15, -0.1) is 0 Å². The second-order valence-corrected chi connectivity index (χ2v) is 9.30. The number of hydrogen-bond acceptors (Lipinski definition) is 5. The third-order valence-corrected chi connectivity index (χ3v) is 7.10. The summed E-state index contributed by atoms with van der Waals surface area (Å²) in [7, 11) is -3.53. The van der Waals surface area contributed by atoms with Crippen molar-refractivity contribution in [2.24, 2.45) is 0 Å². The standard InChI is InChI=1S/C22H22FN3O4S/c23-18-8-4-16(5-9-18)21-14-19(25-30-21)15-24-22(27)17-6-10-20(11-7-17)31(28,29)26-12-2-1-3-13-26/h4-11,14H,1-3,12-13,15H2,(H,24,27). The molecule has 9 heteroatoms. The molecule has 1 aliphatic heterocycles. The Labute approximate surface area is 179 Å². The number of rotatable bonds is 6. The van der Waals surface area contributed by atoms with Gasteiger partial charge in [0.1, 0.15) is 11.5 Å². The van der Waals surface area contributed by atoms with Gasteiger partial charge in [0.05, 0.1) is 11.4 Å². The molecule has 0 spiro atoms. The van der Waals surface area contributed by atoms with Crippen molar-refractivity contribution in [2.45, 2.75) is 30.7 Å². The van der Waals surface area contributed by atoms with E-state index in [1.54, 1.807) is 18.2 Å². The van der Waals surface area contributed by atoms with Gasteiger partial charge < -0.3 is 9.84 Å². The van der Waals surface area contributed by atoms with Gasteiger partial charge in [0.2, 0.25) is 10.0 Å². The van der Waals surface area contributed by atoms with E-state index in [0.717, 1.165) is 19.3 Å². The first-order chi connectivity index (χ1) is 14.9. The number of halogens is 1. The summed E-state index contributed by atoms with van der Waals surface area (Å²) < 4.78 is 45.2. The molecule has 0 radical (unpaired) electrons. The lowest BCUT2D eigenvalue weighted by Gasteiger charge is -2.25. The first kappa shape index (κ1) is 21.2. The zero-order chi connectivity index (χ0) is 21.8. The van der Waals surface area contributed by atoms with Crippen LogP contribution < -0.4 is 5.32 Å². The normalized spacial score (nSPS) is 15.0. The highest BCUT2D eigenvalue weighted by atomic mass is 32.2. The van der Waals surface area contributed by atoms with Gasteiger partial charge in [-0.3, -0.25) is 4.79 Å². The van der Waals surface area contributed by atoms with Gasteiger partial charge in [-0.1, -0.05) is 11.6 Å². The number of nitrogens with one attached hydrogen (secondary N) is 1. The molecular formula is C22H22FN3O4S. The van der Waals surface area contributed by atoms with Gasteiger partial charge in [-0.05, 0) is 61.4 Å². The molecule has 1 saturated heterocycles. The summed E-state index contributed by atoms with van der Waals surface area (Å²) in [6.45, 7) is 1.20. The highest BCUT2D eigenvalue weighted by Gasteiger charge is 2.25. The molecule has 4 rings (SSSR count). The molecule has 3 aromatic rings. The number of hydrogen-bond donors (Lipinski definition) is 1. The molecule has 1 aromatic heterocycles. The Balaban J connectivity index is 1.37. The van der Waals surface area contributed by atoms with Crippen LogP contribution in [0.1, 0.15) is 35.3 Å². The molecule has 0 atom stereocenters. The number of carbonyl (C=O) groups excluding carboxylic acids is 1. The van der Waals surface area contributed by atoms with Crippen molar-refractivity contribution in [1.82, 2.24) is 14.8 Å². The van der Waals surface area contributed by atoms with Crippen molar-refractivity contribution < 1.29 is 22.1 Å². The zero-order valence-corrected chi connectivity index (χ0v) is 17.6. The molecule has 1 amide bonds. The third-order valence-electron chi connectivity index (χ3n) is 5.19. The predicted octanol–water partition coefficient (Wildman–Crippen LogP) is 3.59. The average molecular weight is 444 g/mol. The number of nitrogens with zero attached hydrogens (tertiary/aromatic N) is 2. The molecule has 0 bridgehead atoms. The molecule has 1 N–H and O–H groups in total. The van der Waals surface area contributed by atoms with E-state index in [0.29, 0.717) is 35.7 Å². The van der Waals surface area contributed by atoms with Crippen molar-refractivity contribution in [3.05, 3.63) is 71.7 Å². The average Bonchev–Trinajstić information content (AvgIpc) is 3.28. The number of benzene rings is 2. The SMILES string of the molecule is O=C(NCc1cc(-c2ccc(F)cc2)on1)c1ccc(S(=O)(=O)N2CCCCC2)cc1. The molecule has 31 heavy (non-hydrogen) atoms. The Morgan fingerprint density at radius 2 is 1.71 bits per heavy atom. The van der Waals surface area contributed by atoms with Gasteiger partial charge in [-0.2, -0.15) is 4.31 Å². The Morgan fingerprint density at radius 1 is 1.03 bits per heavy atom. The van der Waals surface area contributed by atoms with Crippen LogP contribution in [-0.2, 0) is 16.6 Å². The summed E-state index contributed by atoms with van der Waals surface area (Å²) in [5, 5.41) is 6.64. The lowest BCUT2D eigenvalue weighted by atomic mass is 10.1. The van der Waals surface area contributed by atoms with Crippen LogP contribution in [0.5, 0.6) is 0 Å². The fourth-order valence-electron chi connectivity index (χ4n) is 3.45. The van der Waals surface area contributed by atoms with E-state index in [9.17, 15) is 17.6 Å². The summed E-state index contributed by atoms with van der Waals surface area (Å²) in [6, 6.07) is 13.4. The topological polar surface area (TPSA) is 92.5 Å². The van der Waals surface area contributed by atoms with Crippen LogP contribution in [0.2, 0.25) is 0 Å². The summed E-state index contributed by atoms with van der Waals surface area (Å²) in [4.78, 5) is 12.6. The lowest BCUT2D eigenvalue weighted by Crippen LogP contribution is -2.35. The van der Waals surface area contributed by atoms with Crippen molar-refractivity contribution in [3.8, 4) is 11.3 Å². The van der Waals surface area contributed by atoms with Crippen molar-refractivity contribution in [1.29, 1.82) is 0 Å². The highest BCUT2D eigenvalue weighted by molar-refractivity contribution is 7.89. The number of aromatic nitrogens is 1. The van der Waals surface area contributed by atoms with E-state index in [1.165, 1.54) is 40.7 Å². The van der Waals surface area contributed by atoms with Crippen LogP contribution in [0, 0.1) is 5.82 Å². The van der Waals surface area contributed by atoms with Crippen LogP contribution in [0.4, 0.5) is 4.39 Å². The number of piperidine rings is 1. The highest BCUT2D eigenvalue weighted by Crippen LogP contribution is 2.22. The molecule has 162 valence electrons. The Bertz CT molecular complexity index is 1150. The molecule has 0 saturated carbocycles. The van der Waals surface area contributed by atoms with E-state index in [4.69, 9.17) is 4.52 Å². The Morgan fingerprint density at radius 3 is 2.39 bits per heavy atom. The lowest BCUT2D eigenvalue weighted by molar-refractivity contribution is 0.0950. The predicted molar refractivity (Wildman–Crippen MR) is 112 cm³/mol. The van der Waals surface area contributed by atoms with Gasteiger partial charge in [0, 0.05) is 30.3 Å². The second kappa shape index (κ2) is 8.99. The van der Waals surface area contributed by atoms with Gasteiger partial charge >= 0.3 is 0 Å². The van der Waals surface area contributed by atoms with Crippen molar-refractivity contribution in [3.63, 3.8) is 0 Å². The monoisotopic (exact) mass is 443 g/mol. The van der Waals surface area contributed by atoms with Crippen LogP contribution in [0.15, 0.2) is 64.0 Å². The van der Waals surface area contributed by atoms with E-state index in [-0.39, 0.29) is 23.2 Å².